The molecular formula is C18H22N2O2. The molecule has 0 aliphatic rings. The molecule has 0 aliphatic heterocycles. The van der Waals surface area contributed by atoms with Crippen molar-refractivity contribution in [3.05, 3.63) is 55.1 Å². The van der Waals surface area contributed by atoms with Crippen molar-refractivity contribution in [2.75, 3.05) is 19.0 Å². The molecule has 0 fully saturated rings. The highest BCUT2D eigenvalue weighted by atomic mass is 16.5. The van der Waals surface area contributed by atoms with Crippen LogP contribution in [0.5, 0.6) is 0 Å². The van der Waals surface area contributed by atoms with Crippen molar-refractivity contribution in [2.24, 2.45) is 5.41 Å². The van der Waals surface area contributed by atoms with Gasteiger partial charge in [0.05, 0.1) is 13.2 Å². The first-order valence-electron chi connectivity index (χ1n) is 7.25. The fourth-order valence-corrected chi connectivity index (χ4v) is 2.10. The van der Waals surface area contributed by atoms with E-state index >= 15 is 0 Å². The first-order chi connectivity index (χ1) is 10.7. The van der Waals surface area contributed by atoms with Crippen LogP contribution < -0.4 is 5.32 Å². The van der Waals surface area contributed by atoms with Crippen molar-refractivity contribution in [1.29, 1.82) is 5.26 Å². The largest absolute Gasteiger partial charge is 0.468 e. The van der Waals surface area contributed by atoms with E-state index < -0.39 is 11.4 Å². The first-order valence-corrected chi connectivity index (χ1v) is 7.25. The number of anilines is 1. The van der Waals surface area contributed by atoms with Crippen molar-refractivity contribution >= 4 is 11.7 Å². The van der Waals surface area contributed by atoms with E-state index in [4.69, 9.17) is 4.74 Å². The molecule has 22 heavy (non-hydrogen) atoms. The highest BCUT2D eigenvalue weighted by Gasteiger charge is 2.36. The second kappa shape index (κ2) is 9.41. The topological polar surface area (TPSA) is 62.1 Å². The molecule has 1 aromatic rings. The number of ether oxygens (including phenoxy) is 1. The van der Waals surface area contributed by atoms with Crippen molar-refractivity contribution in [3.8, 4) is 6.07 Å². The molecule has 0 aromatic heterocycles. The summed E-state index contributed by atoms with van der Waals surface area (Å²) in [6.45, 7) is 4.30. The highest BCUT2D eigenvalue weighted by Crippen LogP contribution is 2.27. The SMILES string of the molecule is C=CC/C=C/C(C#N)(CCCNc1ccccc1)C(=O)OC. The van der Waals surface area contributed by atoms with Gasteiger partial charge in [-0.25, -0.2) is 4.79 Å². The van der Waals surface area contributed by atoms with Crippen LogP contribution in [0, 0.1) is 16.7 Å². The molecule has 116 valence electrons. The number of hydrogen-bond acceptors (Lipinski definition) is 4. The van der Waals surface area contributed by atoms with E-state index in [-0.39, 0.29) is 0 Å². The monoisotopic (exact) mass is 298 g/mol. The van der Waals surface area contributed by atoms with Crippen LogP contribution in [-0.4, -0.2) is 19.6 Å². The Labute approximate surface area is 132 Å². The van der Waals surface area contributed by atoms with Gasteiger partial charge in [-0.05, 0) is 31.4 Å². The second-order valence-electron chi connectivity index (χ2n) is 4.90. The van der Waals surface area contributed by atoms with Crippen LogP contribution in [0.1, 0.15) is 19.3 Å². The van der Waals surface area contributed by atoms with Gasteiger partial charge in [0.15, 0.2) is 5.41 Å². The second-order valence-corrected chi connectivity index (χ2v) is 4.90. The van der Waals surface area contributed by atoms with Gasteiger partial charge in [-0.2, -0.15) is 5.26 Å². The number of carbonyl (C=O) groups is 1. The molecule has 0 radical (unpaired) electrons. The molecule has 1 N–H and O–H groups in total. The molecule has 0 saturated carbocycles. The minimum Gasteiger partial charge on any atom is -0.468 e. The number of nitrogens with zero attached hydrogens (tertiary/aromatic N) is 1. The van der Waals surface area contributed by atoms with Gasteiger partial charge in [-0.15, -0.1) is 6.58 Å². The van der Waals surface area contributed by atoms with E-state index in [1.54, 1.807) is 18.2 Å². The first kappa shape index (κ1) is 17.5. The molecule has 0 bridgehead atoms. The summed E-state index contributed by atoms with van der Waals surface area (Å²) in [5.74, 6) is -0.518. The minimum atomic E-state index is -1.23. The average Bonchev–Trinajstić information content (AvgIpc) is 2.57. The van der Waals surface area contributed by atoms with Gasteiger partial charge in [0.25, 0.3) is 0 Å². The fraction of sp³-hybridized carbons (Fsp3) is 0.333. The molecule has 0 saturated heterocycles. The quantitative estimate of drug-likeness (QED) is 0.429. The summed E-state index contributed by atoms with van der Waals surface area (Å²) in [5, 5.41) is 12.7. The lowest BCUT2D eigenvalue weighted by atomic mass is 9.84. The Bertz CT molecular complexity index is 546. The summed E-state index contributed by atoms with van der Waals surface area (Å²) in [7, 11) is 1.30. The number of para-hydroxylation sites is 1. The summed E-state index contributed by atoms with van der Waals surface area (Å²) >= 11 is 0. The van der Waals surface area contributed by atoms with Gasteiger partial charge in [0.2, 0.25) is 0 Å². The maximum Gasteiger partial charge on any atom is 0.330 e. The van der Waals surface area contributed by atoms with E-state index in [1.165, 1.54) is 7.11 Å². The lowest BCUT2D eigenvalue weighted by Gasteiger charge is -2.20. The molecule has 0 heterocycles. The Hall–Kier alpha value is -2.54. The summed E-state index contributed by atoms with van der Waals surface area (Å²) < 4.78 is 4.79. The number of allylic oxidation sites excluding steroid dienone is 2. The number of nitrogens with one attached hydrogen (secondary N) is 1. The lowest BCUT2D eigenvalue weighted by Crippen LogP contribution is -2.29. The van der Waals surface area contributed by atoms with Gasteiger partial charge in [0.1, 0.15) is 0 Å². The minimum absolute atomic E-state index is 0.406. The maximum absolute atomic E-state index is 12.0. The number of methoxy groups -OCH3 is 1. The van der Waals surface area contributed by atoms with Crippen LogP contribution in [0.15, 0.2) is 55.1 Å². The number of benzene rings is 1. The molecule has 1 atom stereocenters. The fourth-order valence-electron chi connectivity index (χ4n) is 2.10. The standard InChI is InChI=1S/C18H22N2O2/c1-3-4-8-12-18(15-19,17(21)22-2)13-9-14-20-16-10-6-5-7-11-16/h3,5-8,10-12,20H,1,4,9,13-14H2,2H3/b12-8+. The van der Waals surface area contributed by atoms with Crippen molar-refractivity contribution in [1.82, 2.24) is 0 Å². The Balaban J connectivity index is 2.62. The number of esters is 1. The zero-order valence-electron chi connectivity index (χ0n) is 12.9. The summed E-state index contributed by atoms with van der Waals surface area (Å²) in [4.78, 5) is 12.0. The van der Waals surface area contributed by atoms with Crippen molar-refractivity contribution < 1.29 is 9.53 Å². The van der Waals surface area contributed by atoms with E-state index in [2.05, 4.69) is 18.0 Å². The molecule has 4 heteroatoms. The van der Waals surface area contributed by atoms with Crippen molar-refractivity contribution in [2.45, 2.75) is 19.3 Å². The smallest absolute Gasteiger partial charge is 0.330 e. The molecule has 4 nitrogen and oxygen atoms in total. The predicted molar refractivity (Wildman–Crippen MR) is 88.2 cm³/mol. The van der Waals surface area contributed by atoms with Crippen LogP contribution in [0.4, 0.5) is 5.69 Å². The van der Waals surface area contributed by atoms with Crippen LogP contribution in [0.25, 0.3) is 0 Å². The molecule has 0 amide bonds. The summed E-state index contributed by atoms with van der Waals surface area (Å²) in [6.07, 6.45) is 6.82. The van der Waals surface area contributed by atoms with E-state index in [0.717, 1.165) is 5.69 Å². The van der Waals surface area contributed by atoms with Crippen LogP contribution in [-0.2, 0) is 9.53 Å². The highest BCUT2D eigenvalue weighted by molar-refractivity contribution is 5.82. The lowest BCUT2D eigenvalue weighted by molar-refractivity contribution is -0.147. The van der Waals surface area contributed by atoms with Crippen LogP contribution in [0.2, 0.25) is 0 Å². The molecule has 0 aliphatic carbocycles. The molecule has 0 spiro atoms. The Morgan fingerprint density at radius 3 is 2.77 bits per heavy atom. The van der Waals surface area contributed by atoms with Gasteiger partial charge in [-0.3, -0.25) is 0 Å². The zero-order chi connectivity index (χ0) is 16.3. The summed E-state index contributed by atoms with van der Waals surface area (Å²) in [6, 6.07) is 11.9. The molecular weight excluding hydrogens is 276 g/mol. The molecule has 1 rings (SSSR count). The van der Waals surface area contributed by atoms with Gasteiger partial charge in [0, 0.05) is 12.2 Å². The van der Waals surface area contributed by atoms with E-state index in [1.807, 2.05) is 30.3 Å². The molecule has 1 unspecified atom stereocenters. The third-order valence-electron chi connectivity index (χ3n) is 3.31. The normalized spacial score (nSPS) is 13.1. The van der Waals surface area contributed by atoms with E-state index in [9.17, 15) is 10.1 Å². The third kappa shape index (κ3) is 5.10. The molecule has 1 aromatic carbocycles. The van der Waals surface area contributed by atoms with E-state index in [0.29, 0.717) is 25.8 Å². The van der Waals surface area contributed by atoms with Crippen LogP contribution in [0.3, 0.4) is 0 Å². The Morgan fingerprint density at radius 2 is 2.18 bits per heavy atom. The Morgan fingerprint density at radius 1 is 1.45 bits per heavy atom. The summed E-state index contributed by atoms with van der Waals surface area (Å²) in [5.41, 5.74) is -0.207. The van der Waals surface area contributed by atoms with Gasteiger partial charge < -0.3 is 10.1 Å². The number of rotatable bonds is 9. The van der Waals surface area contributed by atoms with Crippen LogP contribution >= 0.6 is 0 Å². The zero-order valence-corrected chi connectivity index (χ0v) is 12.9. The maximum atomic E-state index is 12.0. The third-order valence-corrected chi connectivity index (χ3v) is 3.31. The number of nitriles is 1. The number of hydrogen-bond donors (Lipinski definition) is 1. The predicted octanol–water partition coefficient (Wildman–Crippen LogP) is 3.69. The van der Waals surface area contributed by atoms with Gasteiger partial charge in [-0.1, -0.05) is 36.4 Å². The van der Waals surface area contributed by atoms with Gasteiger partial charge >= 0.3 is 5.97 Å². The number of carbonyl (C=O) groups excluding carboxylic acids is 1. The van der Waals surface area contributed by atoms with Crippen molar-refractivity contribution in [3.63, 3.8) is 0 Å². The average molecular weight is 298 g/mol. The Kier molecular flexibility index (Phi) is 7.49.